The summed E-state index contributed by atoms with van der Waals surface area (Å²) in [5, 5.41) is 15.5. The lowest BCUT2D eigenvalue weighted by Gasteiger charge is -1.99. The SMILES string of the molecule is O=C(N/N=C/c1ccc(O)cc1)c1cnc2nc[nH]n2c1=O. The van der Waals surface area contributed by atoms with E-state index in [4.69, 9.17) is 5.11 Å². The number of carbonyl (C=O) groups excluding carboxylic acids is 1. The Labute approximate surface area is 122 Å². The van der Waals surface area contributed by atoms with Crippen molar-refractivity contribution in [3.63, 3.8) is 0 Å². The summed E-state index contributed by atoms with van der Waals surface area (Å²) in [6.45, 7) is 0. The van der Waals surface area contributed by atoms with E-state index >= 15 is 0 Å². The number of fused-ring (bicyclic) bond motifs is 1. The molecule has 0 aliphatic rings. The van der Waals surface area contributed by atoms with Crippen LogP contribution in [0, 0.1) is 0 Å². The van der Waals surface area contributed by atoms with E-state index in [1.165, 1.54) is 24.7 Å². The van der Waals surface area contributed by atoms with Crippen LogP contribution in [0.2, 0.25) is 0 Å². The van der Waals surface area contributed by atoms with Crippen LogP contribution in [0.3, 0.4) is 0 Å². The predicted octanol–water partition coefficient (Wildman–Crippen LogP) is -0.113. The molecule has 0 bridgehead atoms. The molecule has 0 aliphatic carbocycles. The van der Waals surface area contributed by atoms with E-state index in [0.29, 0.717) is 5.56 Å². The second-order valence-corrected chi connectivity index (χ2v) is 4.29. The van der Waals surface area contributed by atoms with Crippen LogP contribution >= 0.6 is 0 Å². The van der Waals surface area contributed by atoms with Crippen LogP contribution in [-0.4, -0.2) is 36.8 Å². The Balaban J connectivity index is 1.77. The lowest BCUT2D eigenvalue weighted by Crippen LogP contribution is -2.29. The molecular weight excluding hydrogens is 288 g/mol. The fraction of sp³-hybridized carbons (Fsp3) is 0. The Morgan fingerprint density at radius 1 is 1.32 bits per heavy atom. The number of rotatable bonds is 3. The lowest BCUT2D eigenvalue weighted by atomic mass is 10.2. The summed E-state index contributed by atoms with van der Waals surface area (Å²) < 4.78 is 1.05. The fourth-order valence-corrected chi connectivity index (χ4v) is 1.74. The van der Waals surface area contributed by atoms with E-state index in [9.17, 15) is 9.59 Å². The Morgan fingerprint density at radius 3 is 2.86 bits per heavy atom. The molecule has 22 heavy (non-hydrogen) atoms. The molecule has 3 aromatic rings. The van der Waals surface area contributed by atoms with Crippen LogP contribution in [0.15, 0.2) is 46.7 Å². The molecule has 1 amide bonds. The zero-order chi connectivity index (χ0) is 15.5. The summed E-state index contributed by atoms with van der Waals surface area (Å²) in [5.41, 5.74) is 2.19. The van der Waals surface area contributed by atoms with E-state index in [1.807, 2.05) is 0 Å². The molecule has 1 aromatic carbocycles. The van der Waals surface area contributed by atoms with E-state index in [-0.39, 0.29) is 17.1 Å². The fourth-order valence-electron chi connectivity index (χ4n) is 1.74. The van der Waals surface area contributed by atoms with Gasteiger partial charge in [0.15, 0.2) is 0 Å². The average Bonchev–Trinajstić information content (AvgIpc) is 2.99. The molecule has 0 aliphatic heterocycles. The van der Waals surface area contributed by atoms with E-state index in [2.05, 4.69) is 25.6 Å². The van der Waals surface area contributed by atoms with Crippen molar-refractivity contribution in [3.8, 4) is 5.75 Å². The number of aromatic hydroxyl groups is 1. The van der Waals surface area contributed by atoms with Gasteiger partial charge in [0.05, 0.1) is 6.21 Å². The van der Waals surface area contributed by atoms with Gasteiger partial charge in [-0.1, -0.05) is 0 Å². The van der Waals surface area contributed by atoms with Crippen molar-refractivity contribution < 1.29 is 9.90 Å². The first-order valence-electron chi connectivity index (χ1n) is 6.19. The number of carbonyl (C=O) groups is 1. The molecule has 0 atom stereocenters. The highest BCUT2D eigenvalue weighted by Gasteiger charge is 2.13. The van der Waals surface area contributed by atoms with Crippen LogP contribution in [0.5, 0.6) is 5.75 Å². The molecule has 3 N–H and O–H groups in total. The molecule has 0 radical (unpaired) electrons. The first kappa shape index (κ1) is 13.5. The summed E-state index contributed by atoms with van der Waals surface area (Å²) in [5.74, 6) is -0.376. The molecule has 2 aromatic heterocycles. The van der Waals surface area contributed by atoms with Crippen LogP contribution in [-0.2, 0) is 0 Å². The number of aromatic amines is 1. The smallest absolute Gasteiger partial charge is 0.286 e. The number of phenols is 1. The van der Waals surface area contributed by atoms with Crippen molar-refractivity contribution in [3.05, 3.63) is 58.3 Å². The van der Waals surface area contributed by atoms with Crippen LogP contribution in [0.4, 0.5) is 0 Å². The molecule has 0 spiro atoms. The van der Waals surface area contributed by atoms with Gasteiger partial charge < -0.3 is 5.11 Å². The zero-order valence-corrected chi connectivity index (χ0v) is 11.1. The second-order valence-electron chi connectivity index (χ2n) is 4.29. The monoisotopic (exact) mass is 298 g/mol. The maximum Gasteiger partial charge on any atom is 0.286 e. The van der Waals surface area contributed by atoms with Gasteiger partial charge in [-0.15, -0.1) is 0 Å². The van der Waals surface area contributed by atoms with Gasteiger partial charge in [0.2, 0.25) is 0 Å². The Bertz CT molecular complexity index is 909. The third-order valence-electron chi connectivity index (χ3n) is 2.83. The first-order valence-corrected chi connectivity index (χ1v) is 6.19. The van der Waals surface area contributed by atoms with Crippen molar-refractivity contribution in [2.45, 2.75) is 0 Å². The summed E-state index contributed by atoms with van der Waals surface area (Å²) in [6.07, 6.45) is 3.83. The topological polar surface area (TPSA) is 125 Å². The highest BCUT2D eigenvalue weighted by Crippen LogP contribution is 2.07. The third-order valence-corrected chi connectivity index (χ3v) is 2.83. The number of benzene rings is 1. The average molecular weight is 298 g/mol. The Hall–Kier alpha value is -3.49. The normalized spacial score (nSPS) is 11.1. The van der Waals surface area contributed by atoms with Crippen molar-refractivity contribution >= 4 is 17.9 Å². The predicted molar refractivity (Wildman–Crippen MR) is 76.8 cm³/mol. The minimum atomic E-state index is -0.684. The van der Waals surface area contributed by atoms with Crippen LogP contribution in [0.25, 0.3) is 5.78 Å². The molecule has 0 saturated carbocycles. The van der Waals surface area contributed by atoms with Gasteiger partial charge in [0, 0.05) is 6.20 Å². The van der Waals surface area contributed by atoms with Crippen molar-refractivity contribution in [1.82, 2.24) is 25.0 Å². The van der Waals surface area contributed by atoms with E-state index in [1.54, 1.807) is 12.1 Å². The van der Waals surface area contributed by atoms with Crippen molar-refractivity contribution in [1.29, 1.82) is 0 Å². The molecule has 9 heteroatoms. The minimum Gasteiger partial charge on any atom is -0.508 e. The molecule has 2 heterocycles. The standard InChI is InChI=1S/C13H10N6O3/c20-9-3-1-8(2-4-9)5-16-18-11(21)10-6-14-13-15-7-17-19(13)12(10)22/h1-7,20H,(H,18,21)(H,14,15,17)/b16-5+. The van der Waals surface area contributed by atoms with Crippen molar-refractivity contribution in [2.75, 3.05) is 0 Å². The van der Waals surface area contributed by atoms with Gasteiger partial charge in [-0.2, -0.15) is 9.62 Å². The molecule has 0 saturated heterocycles. The van der Waals surface area contributed by atoms with Crippen molar-refractivity contribution in [2.24, 2.45) is 5.10 Å². The maximum absolute atomic E-state index is 12.0. The minimum absolute atomic E-state index is 0.133. The number of amides is 1. The highest BCUT2D eigenvalue weighted by atomic mass is 16.3. The Morgan fingerprint density at radius 2 is 2.09 bits per heavy atom. The molecular formula is C13H10N6O3. The Kier molecular flexibility index (Phi) is 3.36. The van der Waals surface area contributed by atoms with Gasteiger partial charge in [0.25, 0.3) is 17.2 Å². The molecule has 9 nitrogen and oxygen atoms in total. The maximum atomic E-state index is 12.0. The van der Waals surface area contributed by atoms with E-state index < -0.39 is 11.5 Å². The number of nitrogens with one attached hydrogen (secondary N) is 2. The van der Waals surface area contributed by atoms with Gasteiger partial charge >= 0.3 is 0 Å². The molecule has 0 fully saturated rings. The number of phenolic OH excluding ortho intramolecular Hbond substituents is 1. The van der Waals surface area contributed by atoms with Gasteiger partial charge in [-0.3, -0.25) is 14.7 Å². The summed E-state index contributed by atoms with van der Waals surface area (Å²) in [6, 6.07) is 6.23. The summed E-state index contributed by atoms with van der Waals surface area (Å²) in [4.78, 5) is 31.6. The van der Waals surface area contributed by atoms with Crippen LogP contribution < -0.4 is 11.0 Å². The lowest BCUT2D eigenvalue weighted by molar-refractivity contribution is 0.0953. The highest BCUT2D eigenvalue weighted by molar-refractivity contribution is 5.94. The summed E-state index contributed by atoms with van der Waals surface area (Å²) in [7, 11) is 0. The number of nitrogens with zero attached hydrogens (tertiary/aromatic N) is 4. The first-order chi connectivity index (χ1) is 10.6. The third kappa shape index (κ3) is 2.54. The number of H-pyrrole nitrogens is 1. The van der Waals surface area contributed by atoms with Gasteiger partial charge in [-0.25, -0.2) is 15.4 Å². The van der Waals surface area contributed by atoms with Crippen LogP contribution in [0.1, 0.15) is 15.9 Å². The largest absolute Gasteiger partial charge is 0.508 e. The number of hydrogen-bond acceptors (Lipinski definition) is 6. The van der Waals surface area contributed by atoms with Gasteiger partial charge in [0.1, 0.15) is 17.6 Å². The zero-order valence-electron chi connectivity index (χ0n) is 11.1. The molecule has 110 valence electrons. The quantitative estimate of drug-likeness (QED) is 0.459. The van der Waals surface area contributed by atoms with E-state index in [0.717, 1.165) is 10.7 Å². The van der Waals surface area contributed by atoms with Gasteiger partial charge in [-0.05, 0) is 29.8 Å². The molecule has 3 rings (SSSR count). The molecule has 0 unspecified atom stereocenters. The summed E-state index contributed by atoms with van der Waals surface area (Å²) >= 11 is 0. The number of aromatic nitrogens is 4. The number of hydrazone groups is 1. The second kappa shape index (κ2) is 5.48. The number of hydrogen-bond donors (Lipinski definition) is 3.